The Morgan fingerprint density at radius 2 is 1.68 bits per heavy atom. The molecule has 0 radical (unpaired) electrons. The standard InChI is InChI=1S/C23H22N4O/c1-23(2,3)19-15-21(27(26-19)20-10-6-7-13-24-20)25-22(28)18-12-11-16-8-4-5-9-17(16)14-18/h4-15H,1-3H3,(H,25,28). The lowest BCUT2D eigenvalue weighted by Crippen LogP contribution is -2.15. The van der Waals surface area contributed by atoms with E-state index in [4.69, 9.17) is 0 Å². The molecule has 1 N–H and O–H groups in total. The van der Waals surface area contributed by atoms with Crippen LogP contribution in [0.15, 0.2) is 72.9 Å². The summed E-state index contributed by atoms with van der Waals surface area (Å²) in [7, 11) is 0. The van der Waals surface area contributed by atoms with Crippen molar-refractivity contribution in [2.75, 3.05) is 5.32 Å². The van der Waals surface area contributed by atoms with Crippen LogP contribution in [0.5, 0.6) is 0 Å². The highest BCUT2D eigenvalue weighted by Crippen LogP contribution is 2.26. The van der Waals surface area contributed by atoms with Crippen LogP contribution in [-0.2, 0) is 5.41 Å². The first-order valence-electron chi connectivity index (χ1n) is 9.24. The number of rotatable bonds is 3. The molecule has 5 nitrogen and oxygen atoms in total. The monoisotopic (exact) mass is 370 g/mol. The fourth-order valence-corrected chi connectivity index (χ4v) is 3.01. The predicted molar refractivity (Wildman–Crippen MR) is 112 cm³/mol. The molecule has 0 atom stereocenters. The zero-order valence-corrected chi connectivity index (χ0v) is 16.2. The SMILES string of the molecule is CC(C)(C)c1cc(NC(=O)c2ccc3ccccc3c2)n(-c2ccccn2)n1. The fraction of sp³-hybridized carbons (Fsp3) is 0.174. The van der Waals surface area contributed by atoms with Gasteiger partial charge in [-0.2, -0.15) is 9.78 Å². The van der Waals surface area contributed by atoms with Gasteiger partial charge in [0.25, 0.3) is 5.91 Å². The second-order valence-electron chi connectivity index (χ2n) is 7.78. The van der Waals surface area contributed by atoms with Gasteiger partial charge in [0.2, 0.25) is 0 Å². The third-order valence-electron chi connectivity index (χ3n) is 4.60. The number of carbonyl (C=O) groups is 1. The molecule has 0 unspecified atom stereocenters. The Morgan fingerprint density at radius 1 is 0.929 bits per heavy atom. The van der Waals surface area contributed by atoms with Gasteiger partial charge in [0.05, 0.1) is 5.69 Å². The Hall–Kier alpha value is -3.47. The summed E-state index contributed by atoms with van der Waals surface area (Å²) in [5, 5.41) is 9.83. The van der Waals surface area contributed by atoms with Crippen molar-refractivity contribution < 1.29 is 4.79 Å². The number of pyridine rings is 1. The molecule has 1 amide bonds. The maximum Gasteiger partial charge on any atom is 0.256 e. The van der Waals surface area contributed by atoms with Gasteiger partial charge in [-0.3, -0.25) is 4.79 Å². The van der Waals surface area contributed by atoms with Crippen molar-refractivity contribution in [3.63, 3.8) is 0 Å². The summed E-state index contributed by atoms with van der Waals surface area (Å²) in [6.45, 7) is 6.27. The van der Waals surface area contributed by atoms with E-state index in [0.717, 1.165) is 16.5 Å². The summed E-state index contributed by atoms with van der Waals surface area (Å²) in [5.74, 6) is 1.08. The van der Waals surface area contributed by atoms with Crippen LogP contribution in [0.4, 0.5) is 5.82 Å². The number of fused-ring (bicyclic) bond motifs is 1. The van der Waals surface area contributed by atoms with Gasteiger partial charge in [-0.1, -0.05) is 57.2 Å². The Labute approximate surface area is 164 Å². The molecule has 0 bridgehead atoms. The lowest BCUT2D eigenvalue weighted by Gasteiger charge is -2.13. The fourth-order valence-electron chi connectivity index (χ4n) is 3.01. The summed E-state index contributed by atoms with van der Waals surface area (Å²) >= 11 is 0. The molecule has 2 aromatic heterocycles. The zero-order valence-electron chi connectivity index (χ0n) is 16.2. The van der Waals surface area contributed by atoms with Gasteiger partial charge in [0, 0.05) is 23.2 Å². The minimum absolute atomic E-state index is 0.150. The molecule has 28 heavy (non-hydrogen) atoms. The highest BCUT2D eigenvalue weighted by Gasteiger charge is 2.22. The van der Waals surface area contributed by atoms with E-state index in [0.29, 0.717) is 17.2 Å². The van der Waals surface area contributed by atoms with Crippen LogP contribution in [0.25, 0.3) is 16.6 Å². The highest BCUT2D eigenvalue weighted by atomic mass is 16.1. The van der Waals surface area contributed by atoms with Crippen LogP contribution in [-0.4, -0.2) is 20.7 Å². The van der Waals surface area contributed by atoms with Crippen LogP contribution in [0.2, 0.25) is 0 Å². The Bertz CT molecular complexity index is 1140. The van der Waals surface area contributed by atoms with Crippen LogP contribution in [0.1, 0.15) is 36.8 Å². The van der Waals surface area contributed by atoms with Crippen molar-refractivity contribution in [3.05, 3.63) is 84.2 Å². The number of anilines is 1. The van der Waals surface area contributed by atoms with Crippen molar-refractivity contribution in [1.29, 1.82) is 0 Å². The number of benzene rings is 2. The molecule has 0 saturated carbocycles. The lowest BCUT2D eigenvalue weighted by atomic mass is 9.92. The Kier molecular flexibility index (Phi) is 4.43. The number of aromatic nitrogens is 3. The highest BCUT2D eigenvalue weighted by molar-refractivity contribution is 6.06. The van der Waals surface area contributed by atoms with E-state index in [9.17, 15) is 4.79 Å². The predicted octanol–water partition coefficient (Wildman–Crippen LogP) is 4.97. The Morgan fingerprint density at radius 3 is 2.39 bits per heavy atom. The second kappa shape index (κ2) is 6.93. The number of carbonyl (C=O) groups excluding carboxylic acids is 1. The minimum atomic E-state index is -0.178. The molecule has 0 aliphatic heterocycles. The average Bonchev–Trinajstić information content (AvgIpc) is 3.12. The van der Waals surface area contributed by atoms with E-state index in [1.807, 2.05) is 66.7 Å². The average molecular weight is 370 g/mol. The van der Waals surface area contributed by atoms with Crippen molar-refractivity contribution in [1.82, 2.24) is 14.8 Å². The molecule has 0 aliphatic carbocycles. The number of nitrogens with zero attached hydrogens (tertiary/aromatic N) is 3. The van der Waals surface area contributed by atoms with E-state index in [2.05, 4.69) is 36.2 Å². The molecule has 0 saturated heterocycles. The maximum absolute atomic E-state index is 12.9. The van der Waals surface area contributed by atoms with Crippen LogP contribution in [0.3, 0.4) is 0 Å². The summed E-state index contributed by atoms with van der Waals surface area (Å²) in [6, 6.07) is 21.2. The molecule has 2 heterocycles. The first-order chi connectivity index (χ1) is 13.4. The van der Waals surface area contributed by atoms with Crippen LogP contribution < -0.4 is 5.32 Å². The number of amides is 1. The van der Waals surface area contributed by atoms with Gasteiger partial charge in [-0.25, -0.2) is 4.98 Å². The van der Waals surface area contributed by atoms with Crippen LogP contribution in [0, 0.1) is 0 Å². The summed E-state index contributed by atoms with van der Waals surface area (Å²) in [6.07, 6.45) is 1.71. The van der Waals surface area contributed by atoms with E-state index in [1.165, 1.54) is 0 Å². The van der Waals surface area contributed by atoms with Crippen LogP contribution >= 0.6 is 0 Å². The van der Waals surface area contributed by atoms with E-state index < -0.39 is 0 Å². The largest absolute Gasteiger partial charge is 0.306 e. The maximum atomic E-state index is 12.9. The van der Waals surface area contributed by atoms with Crippen molar-refractivity contribution >= 4 is 22.5 Å². The van der Waals surface area contributed by atoms with Gasteiger partial charge < -0.3 is 5.32 Å². The first-order valence-corrected chi connectivity index (χ1v) is 9.24. The Balaban J connectivity index is 1.71. The quantitative estimate of drug-likeness (QED) is 0.554. The molecule has 0 fully saturated rings. The molecule has 0 spiro atoms. The minimum Gasteiger partial charge on any atom is -0.306 e. The topological polar surface area (TPSA) is 59.8 Å². The molecule has 5 heteroatoms. The first kappa shape index (κ1) is 17.9. The third kappa shape index (κ3) is 3.51. The molecule has 0 aliphatic rings. The van der Waals surface area contributed by atoms with Crippen molar-refractivity contribution in [2.24, 2.45) is 0 Å². The summed E-state index contributed by atoms with van der Waals surface area (Å²) < 4.78 is 1.68. The normalized spacial score (nSPS) is 11.5. The number of nitrogens with one attached hydrogen (secondary N) is 1. The van der Waals surface area contributed by atoms with E-state index in [-0.39, 0.29) is 11.3 Å². The lowest BCUT2D eigenvalue weighted by molar-refractivity contribution is 0.102. The van der Waals surface area contributed by atoms with E-state index >= 15 is 0 Å². The molecule has 2 aromatic carbocycles. The molecular formula is C23H22N4O. The molecule has 4 aromatic rings. The third-order valence-corrected chi connectivity index (χ3v) is 4.60. The molecular weight excluding hydrogens is 348 g/mol. The summed E-state index contributed by atoms with van der Waals surface area (Å²) in [5.41, 5.74) is 1.33. The molecule has 4 rings (SSSR count). The van der Waals surface area contributed by atoms with Crippen molar-refractivity contribution in [3.8, 4) is 5.82 Å². The number of hydrogen-bond acceptors (Lipinski definition) is 3. The van der Waals surface area contributed by atoms with Crippen molar-refractivity contribution in [2.45, 2.75) is 26.2 Å². The van der Waals surface area contributed by atoms with Gasteiger partial charge in [-0.15, -0.1) is 0 Å². The van der Waals surface area contributed by atoms with Gasteiger partial charge in [0.15, 0.2) is 5.82 Å². The van der Waals surface area contributed by atoms with Gasteiger partial charge in [0.1, 0.15) is 5.82 Å². The van der Waals surface area contributed by atoms with E-state index in [1.54, 1.807) is 10.9 Å². The second-order valence-corrected chi connectivity index (χ2v) is 7.78. The molecule has 140 valence electrons. The van der Waals surface area contributed by atoms with Gasteiger partial charge >= 0.3 is 0 Å². The summed E-state index contributed by atoms with van der Waals surface area (Å²) in [4.78, 5) is 17.3. The van der Waals surface area contributed by atoms with Gasteiger partial charge in [-0.05, 0) is 35.0 Å². The zero-order chi connectivity index (χ0) is 19.7. The smallest absolute Gasteiger partial charge is 0.256 e. The number of hydrogen-bond donors (Lipinski definition) is 1.